The minimum absolute atomic E-state index is 0.0490. The number of hydrogen-bond acceptors (Lipinski definition) is 4. The Hall–Kier alpha value is -3.12. The number of anilines is 1. The standard InChI is InChI=1S/C26H26F2N4/c1-31-14-15-32(18-26(31)12-13-26)24-21(25(27)28)16-29-17-22(24)30-23(19-8-4-2-5-9-19)20-10-6-3-7-11-20/h2-11,16-17,25H,12-15,18H2,1H3. The quantitative estimate of drug-likeness (QED) is 0.501. The van der Waals surface area contributed by atoms with E-state index in [4.69, 9.17) is 4.99 Å². The van der Waals surface area contributed by atoms with E-state index in [0.29, 0.717) is 17.9 Å². The van der Waals surface area contributed by atoms with Crippen molar-refractivity contribution in [3.05, 3.63) is 89.7 Å². The summed E-state index contributed by atoms with van der Waals surface area (Å²) in [6, 6.07) is 19.7. The first-order chi connectivity index (χ1) is 15.6. The van der Waals surface area contributed by atoms with Gasteiger partial charge in [-0.1, -0.05) is 60.7 Å². The maximum atomic E-state index is 14.1. The van der Waals surface area contributed by atoms with Crippen molar-refractivity contribution in [3.63, 3.8) is 0 Å². The van der Waals surface area contributed by atoms with Crippen molar-refractivity contribution in [2.24, 2.45) is 4.99 Å². The van der Waals surface area contributed by atoms with Gasteiger partial charge in [0, 0.05) is 42.5 Å². The second-order valence-corrected chi connectivity index (χ2v) is 8.66. The van der Waals surface area contributed by atoms with E-state index in [1.165, 1.54) is 6.20 Å². The molecule has 0 atom stereocenters. The number of aromatic nitrogens is 1. The van der Waals surface area contributed by atoms with E-state index >= 15 is 0 Å². The van der Waals surface area contributed by atoms with Gasteiger partial charge in [-0.15, -0.1) is 0 Å². The Morgan fingerprint density at radius 2 is 1.56 bits per heavy atom. The molecule has 5 rings (SSSR count). The molecule has 2 heterocycles. The van der Waals surface area contributed by atoms with Crippen LogP contribution in [0.1, 0.15) is 36.0 Å². The lowest BCUT2D eigenvalue weighted by Gasteiger charge is -2.42. The van der Waals surface area contributed by atoms with E-state index in [2.05, 4.69) is 21.8 Å². The first-order valence-electron chi connectivity index (χ1n) is 11.0. The van der Waals surface area contributed by atoms with Crippen LogP contribution in [0.4, 0.5) is 20.2 Å². The van der Waals surface area contributed by atoms with Crippen molar-refractivity contribution >= 4 is 17.1 Å². The van der Waals surface area contributed by atoms with Crippen molar-refractivity contribution < 1.29 is 8.78 Å². The molecular weight excluding hydrogens is 406 g/mol. The third-order valence-electron chi connectivity index (χ3n) is 6.63. The van der Waals surface area contributed by atoms with Crippen LogP contribution in [0, 0.1) is 0 Å². The number of hydrogen-bond donors (Lipinski definition) is 0. The van der Waals surface area contributed by atoms with Gasteiger partial charge in [-0.25, -0.2) is 13.8 Å². The molecule has 2 aromatic carbocycles. The summed E-state index contributed by atoms with van der Waals surface area (Å²) < 4.78 is 28.2. The molecule has 1 spiro atoms. The molecule has 3 aromatic rings. The fourth-order valence-corrected chi connectivity index (χ4v) is 4.59. The Morgan fingerprint density at radius 1 is 0.938 bits per heavy atom. The van der Waals surface area contributed by atoms with Crippen LogP contribution in [-0.4, -0.2) is 47.8 Å². The van der Waals surface area contributed by atoms with E-state index in [-0.39, 0.29) is 11.1 Å². The molecule has 0 N–H and O–H groups in total. The van der Waals surface area contributed by atoms with E-state index in [1.807, 2.05) is 60.7 Å². The largest absolute Gasteiger partial charge is 0.366 e. The average molecular weight is 433 g/mol. The zero-order valence-corrected chi connectivity index (χ0v) is 18.1. The maximum absolute atomic E-state index is 14.1. The van der Waals surface area contributed by atoms with Gasteiger partial charge < -0.3 is 4.90 Å². The number of halogens is 2. The number of benzene rings is 2. The normalized spacial score (nSPS) is 17.6. The molecule has 32 heavy (non-hydrogen) atoms. The number of piperazine rings is 1. The van der Waals surface area contributed by atoms with Crippen LogP contribution in [0.3, 0.4) is 0 Å². The van der Waals surface area contributed by atoms with Crippen LogP contribution in [0.25, 0.3) is 0 Å². The van der Waals surface area contributed by atoms with Crippen molar-refractivity contribution in [1.29, 1.82) is 0 Å². The number of likely N-dealkylation sites (N-methyl/N-ethyl adjacent to an activating group) is 1. The third-order valence-corrected chi connectivity index (χ3v) is 6.63. The average Bonchev–Trinajstić information content (AvgIpc) is 3.60. The zero-order valence-electron chi connectivity index (χ0n) is 18.1. The summed E-state index contributed by atoms with van der Waals surface area (Å²) in [6.45, 7) is 2.27. The van der Waals surface area contributed by atoms with E-state index in [9.17, 15) is 8.78 Å². The number of alkyl halides is 2. The lowest BCUT2D eigenvalue weighted by Crippen LogP contribution is -2.53. The highest BCUT2D eigenvalue weighted by atomic mass is 19.3. The van der Waals surface area contributed by atoms with Gasteiger partial charge in [0.1, 0.15) is 5.69 Å². The summed E-state index contributed by atoms with van der Waals surface area (Å²) in [4.78, 5) is 13.6. The molecule has 0 bridgehead atoms. The second-order valence-electron chi connectivity index (χ2n) is 8.66. The van der Waals surface area contributed by atoms with E-state index < -0.39 is 6.43 Å². The molecule has 1 aliphatic heterocycles. The van der Waals surface area contributed by atoms with Gasteiger partial charge in [0.05, 0.1) is 23.2 Å². The summed E-state index contributed by atoms with van der Waals surface area (Å²) in [7, 11) is 2.13. The molecule has 2 fully saturated rings. The molecule has 1 saturated carbocycles. The van der Waals surface area contributed by atoms with Crippen molar-refractivity contribution in [1.82, 2.24) is 9.88 Å². The fraction of sp³-hybridized carbons (Fsp3) is 0.308. The van der Waals surface area contributed by atoms with Crippen LogP contribution in [-0.2, 0) is 0 Å². The molecule has 1 saturated heterocycles. The Balaban J connectivity index is 1.65. The predicted octanol–water partition coefficient (Wildman–Crippen LogP) is 5.47. The topological polar surface area (TPSA) is 31.7 Å². The number of rotatable bonds is 5. The summed E-state index contributed by atoms with van der Waals surface area (Å²) >= 11 is 0. The van der Waals surface area contributed by atoms with Crippen LogP contribution >= 0.6 is 0 Å². The highest BCUT2D eigenvalue weighted by Gasteiger charge is 2.50. The molecule has 6 heteroatoms. The molecule has 4 nitrogen and oxygen atoms in total. The minimum Gasteiger partial charge on any atom is -0.366 e. The SMILES string of the molecule is CN1CCN(c2c(N=C(c3ccccc3)c3ccccc3)cncc2C(F)F)CC12CC2. The zero-order chi connectivity index (χ0) is 22.1. The van der Waals surface area contributed by atoms with E-state index in [1.54, 1.807) is 6.20 Å². The highest BCUT2D eigenvalue weighted by Crippen LogP contribution is 2.47. The molecular formula is C26H26F2N4. The first-order valence-corrected chi connectivity index (χ1v) is 11.0. The smallest absolute Gasteiger partial charge is 0.267 e. The number of pyridine rings is 1. The van der Waals surface area contributed by atoms with Crippen molar-refractivity contribution in [2.45, 2.75) is 24.8 Å². The van der Waals surface area contributed by atoms with Gasteiger partial charge in [-0.2, -0.15) is 0 Å². The minimum atomic E-state index is -2.61. The van der Waals surface area contributed by atoms with Crippen LogP contribution in [0.2, 0.25) is 0 Å². The second kappa shape index (κ2) is 8.43. The van der Waals surface area contributed by atoms with Crippen molar-refractivity contribution in [2.75, 3.05) is 31.6 Å². The Kier molecular flexibility index (Phi) is 5.47. The molecule has 0 radical (unpaired) electrons. The third kappa shape index (κ3) is 3.91. The first kappa shape index (κ1) is 20.8. The Labute approximate surface area is 187 Å². The van der Waals surface area contributed by atoms with E-state index in [0.717, 1.165) is 42.8 Å². The van der Waals surface area contributed by atoms with Crippen LogP contribution in [0.5, 0.6) is 0 Å². The van der Waals surface area contributed by atoms with Gasteiger partial charge in [-0.05, 0) is 19.9 Å². The Bertz CT molecular complexity index is 1070. The lowest BCUT2D eigenvalue weighted by molar-refractivity contribution is 0.150. The number of nitrogens with zero attached hydrogens (tertiary/aromatic N) is 4. The van der Waals surface area contributed by atoms with Crippen LogP contribution in [0.15, 0.2) is 78.0 Å². The van der Waals surface area contributed by atoms with Gasteiger partial charge >= 0.3 is 0 Å². The molecule has 164 valence electrons. The number of aliphatic imine (C=N–C) groups is 1. The molecule has 2 aliphatic rings. The van der Waals surface area contributed by atoms with Crippen molar-refractivity contribution in [3.8, 4) is 0 Å². The summed E-state index contributed by atoms with van der Waals surface area (Å²) in [5.41, 5.74) is 3.67. The summed E-state index contributed by atoms with van der Waals surface area (Å²) in [5, 5.41) is 0. The van der Waals surface area contributed by atoms with Gasteiger partial charge in [0.25, 0.3) is 6.43 Å². The summed E-state index contributed by atoms with van der Waals surface area (Å²) in [5.74, 6) is 0. The van der Waals surface area contributed by atoms with Crippen LogP contribution < -0.4 is 4.90 Å². The summed E-state index contributed by atoms with van der Waals surface area (Å²) in [6.07, 6.45) is 2.51. The highest BCUT2D eigenvalue weighted by molar-refractivity contribution is 6.14. The maximum Gasteiger partial charge on any atom is 0.267 e. The predicted molar refractivity (Wildman–Crippen MR) is 124 cm³/mol. The molecule has 0 amide bonds. The Morgan fingerprint density at radius 3 is 2.12 bits per heavy atom. The fourth-order valence-electron chi connectivity index (χ4n) is 4.59. The molecule has 1 aliphatic carbocycles. The van der Waals surface area contributed by atoms with Gasteiger partial charge in [0.2, 0.25) is 0 Å². The lowest BCUT2D eigenvalue weighted by atomic mass is 10.0. The van der Waals surface area contributed by atoms with Gasteiger partial charge in [-0.3, -0.25) is 9.88 Å². The monoisotopic (exact) mass is 432 g/mol. The molecule has 1 aromatic heterocycles. The molecule has 0 unspecified atom stereocenters. The van der Waals surface area contributed by atoms with Gasteiger partial charge in [0.15, 0.2) is 0 Å².